The van der Waals surface area contributed by atoms with Crippen LogP contribution in [-0.4, -0.2) is 36.0 Å². The number of aromatic nitrogens is 1. The summed E-state index contributed by atoms with van der Waals surface area (Å²) < 4.78 is 5.17. The Balaban J connectivity index is 2.05. The number of hydrogen-bond acceptors (Lipinski definition) is 4. The van der Waals surface area contributed by atoms with E-state index in [1.54, 1.807) is 20.1 Å². The van der Waals surface area contributed by atoms with Gasteiger partial charge in [0.25, 0.3) is 5.91 Å². The molecular formula is C19H19N3O2. The number of benzene rings is 1. The monoisotopic (exact) mass is 321 g/mol. The first-order chi connectivity index (χ1) is 11.6. The fraction of sp³-hybridized carbons (Fsp3) is 0.316. The molecule has 1 aliphatic heterocycles. The van der Waals surface area contributed by atoms with Crippen LogP contribution in [0.5, 0.6) is 5.75 Å². The Labute approximate surface area is 141 Å². The van der Waals surface area contributed by atoms with Gasteiger partial charge in [0.2, 0.25) is 0 Å². The molecule has 1 fully saturated rings. The van der Waals surface area contributed by atoms with Crippen molar-refractivity contribution < 1.29 is 9.53 Å². The van der Waals surface area contributed by atoms with E-state index >= 15 is 0 Å². The summed E-state index contributed by atoms with van der Waals surface area (Å²) in [5.41, 5.74) is 2.96. The smallest absolute Gasteiger partial charge is 0.255 e. The first-order valence-corrected chi connectivity index (χ1v) is 7.99. The highest BCUT2D eigenvalue weighted by atomic mass is 16.5. The highest BCUT2D eigenvalue weighted by Crippen LogP contribution is 2.26. The SMILES string of the molecule is COc1ccc(-c2cc(C(=O)N3CCCC3)c(C#N)c(C)n2)cc1. The molecule has 1 saturated heterocycles. The molecule has 0 aliphatic carbocycles. The van der Waals surface area contributed by atoms with E-state index in [0.29, 0.717) is 22.5 Å². The summed E-state index contributed by atoms with van der Waals surface area (Å²) in [6, 6.07) is 11.4. The van der Waals surface area contributed by atoms with Crippen molar-refractivity contribution in [1.29, 1.82) is 5.26 Å². The third kappa shape index (κ3) is 2.95. The van der Waals surface area contributed by atoms with Crippen LogP contribution in [0.2, 0.25) is 0 Å². The fourth-order valence-corrected chi connectivity index (χ4v) is 2.98. The van der Waals surface area contributed by atoms with E-state index in [0.717, 1.165) is 37.2 Å². The summed E-state index contributed by atoms with van der Waals surface area (Å²) >= 11 is 0. The van der Waals surface area contributed by atoms with Gasteiger partial charge in [-0.25, -0.2) is 0 Å². The number of hydrogen-bond donors (Lipinski definition) is 0. The van der Waals surface area contributed by atoms with Gasteiger partial charge in [-0.1, -0.05) is 0 Å². The van der Waals surface area contributed by atoms with E-state index in [9.17, 15) is 10.1 Å². The summed E-state index contributed by atoms with van der Waals surface area (Å²) in [4.78, 5) is 19.1. The highest BCUT2D eigenvalue weighted by molar-refractivity contribution is 5.98. The van der Waals surface area contributed by atoms with Crippen LogP contribution in [0.25, 0.3) is 11.3 Å². The van der Waals surface area contributed by atoms with Crippen molar-refractivity contribution in [1.82, 2.24) is 9.88 Å². The molecule has 2 heterocycles. The molecule has 0 atom stereocenters. The van der Waals surface area contributed by atoms with E-state index in [1.807, 2.05) is 29.2 Å². The van der Waals surface area contributed by atoms with Crippen molar-refractivity contribution in [3.8, 4) is 23.1 Å². The summed E-state index contributed by atoms with van der Waals surface area (Å²) in [7, 11) is 1.62. The third-order valence-electron chi connectivity index (χ3n) is 4.32. The molecule has 122 valence electrons. The van der Waals surface area contributed by atoms with E-state index in [-0.39, 0.29) is 5.91 Å². The minimum absolute atomic E-state index is 0.0793. The van der Waals surface area contributed by atoms with Crippen LogP contribution >= 0.6 is 0 Å². The summed E-state index contributed by atoms with van der Waals surface area (Å²) in [6.45, 7) is 3.28. The first kappa shape index (κ1) is 16.0. The second kappa shape index (κ2) is 6.71. The lowest BCUT2D eigenvalue weighted by atomic mass is 10.0. The lowest BCUT2D eigenvalue weighted by Gasteiger charge is -2.17. The van der Waals surface area contributed by atoms with Gasteiger partial charge in [-0.2, -0.15) is 5.26 Å². The van der Waals surface area contributed by atoms with Crippen LogP contribution in [-0.2, 0) is 0 Å². The Morgan fingerprint density at radius 1 is 1.25 bits per heavy atom. The number of ether oxygens (including phenoxy) is 1. The molecule has 5 nitrogen and oxygen atoms in total. The van der Waals surface area contributed by atoms with Gasteiger partial charge < -0.3 is 9.64 Å². The number of amides is 1. The second-order valence-electron chi connectivity index (χ2n) is 5.86. The van der Waals surface area contributed by atoms with Crippen molar-refractivity contribution in [2.75, 3.05) is 20.2 Å². The Kier molecular flexibility index (Phi) is 4.48. The Morgan fingerprint density at radius 3 is 2.50 bits per heavy atom. The zero-order valence-corrected chi connectivity index (χ0v) is 13.9. The van der Waals surface area contributed by atoms with Gasteiger partial charge in [0.05, 0.1) is 29.6 Å². The summed E-state index contributed by atoms with van der Waals surface area (Å²) in [6.07, 6.45) is 2.03. The highest BCUT2D eigenvalue weighted by Gasteiger charge is 2.24. The number of likely N-dealkylation sites (tertiary alicyclic amines) is 1. The van der Waals surface area contributed by atoms with Crippen LogP contribution in [0.15, 0.2) is 30.3 Å². The van der Waals surface area contributed by atoms with Crippen molar-refractivity contribution in [3.63, 3.8) is 0 Å². The number of rotatable bonds is 3. The predicted molar refractivity (Wildman–Crippen MR) is 90.8 cm³/mol. The van der Waals surface area contributed by atoms with E-state index in [4.69, 9.17) is 4.74 Å². The Morgan fingerprint density at radius 2 is 1.92 bits per heavy atom. The van der Waals surface area contributed by atoms with Gasteiger partial charge in [-0.3, -0.25) is 9.78 Å². The van der Waals surface area contributed by atoms with Gasteiger partial charge in [-0.05, 0) is 50.1 Å². The summed E-state index contributed by atoms with van der Waals surface area (Å²) in [5.74, 6) is 0.682. The van der Waals surface area contributed by atoms with Crippen LogP contribution in [0.3, 0.4) is 0 Å². The minimum Gasteiger partial charge on any atom is -0.497 e. The number of nitrogens with zero attached hydrogens (tertiary/aromatic N) is 3. The molecule has 1 aromatic carbocycles. The molecular weight excluding hydrogens is 302 g/mol. The topological polar surface area (TPSA) is 66.2 Å². The van der Waals surface area contributed by atoms with Crippen molar-refractivity contribution in [3.05, 3.63) is 47.2 Å². The zero-order chi connectivity index (χ0) is 17.1. The molecule has 1 amide bonds. The number of carbonyl (C=O) groups excluding carboxylic acids is 1. The van der Waals surface area contributed by atoms with Gasteiger partial charge in [0, 0.05) is 18.7 Å². The predicted octanol–water partition coefficient (Wildman–Crippen LogP) is 3.17. The molecule has 0 unspecified atom stereocenters. The maximum absolute atomic E-state index is 12.8. The van der Waals surface area contributed by atoms with Crippen LogP contribution in [0, 0.1) is 18.3 Å². The standard InChI is InChI=1S/C19H19N3O2/c1-13-17(12-20)16(19(23)22-9-3-4-10-22)11-18(21-13)14-5-7-15(24-2)8-6-14/h5-8,11H,3-4,9-10H2,1-2H3. The fourth-order valence-electron chi connectivity index (χ4n) is 2.98. The van der Waals surface area contributed by atoms with Crippen LogP contribution in [0.4, 0.5) is 0 Å². The number of pyridine rings is 1. The molecule has 1 aromatic heterocycles. The van der Waals surface area contributed by atoms with Crippen molar-refractivity contribution in [2.24, 2.45) is 0 Å². The molecule has 24 heavy (non-hydrogen) atoms. The van der Waals surface area contributed by atoms with E-state index < -0.39 is 0 Å². The number of carbonyl (C=O) groups is 1. The van der Waals surface area contributed by atoms with E-state index in [1.165, 1.54) is 0 Å². The van der Waals surface area contributed by atoms with Crippen molar-refractivity contribution in [2.45, 2.75) is 19.8 Å². The number of aryl methyl sites for hydroxylation is 1. The summed E-state index contributed by atoms with van der Waals surface area (Å²) in [5, 5.41) is 9.44. The quantitative estimate of drug-likeness (QED) is 0.871. The van der Waals surface area contributed by atoms with E-state index in [2.05, 4.69) is 11.1 Å². The van der Waals surface area contributed by atoms with Crippen molar-refractivity contribution >= 4 is 5.91 Å². The second-order valence-corrected chi connectivity index (χ2v) is 5.86. The minimum atomic E-state index is -0.0793. The molecule has 0 bridgehead atoms. The van der Waals surface area contributed by atoms with Gasteiger partial charge >= 0.3 is 0 Å². The average Bonchev–Trinajstić information content (AvgIpc) is 3.15. The van der Waals surface area contributed by atoms with Gasteiger partial charge in [0.15, 0.2) is 0 Å². The molecule has 5 heteroatoms. The number of nitriles is 1. The molecule has 0 N–H and O–H groups in total. The molecule has 0 saturated carbocycles. The molecule has 1 aliphatic rings. The molecule has 3 rings (SSSR count). The first-order valence-electron chi connectivity index (χ1n) is 7.99. The van der Waals surface area contributed by atoms with Gasteiger partial charge in [0.1, 0.15) is 11.8 Å². The molecule has 2 aromatic rings. The van der Waals surface area contributed by atoms with Crippen LogP contribution < -0.4 is 4.74 Å². The maximum Gasteiger partial charge on any atom is 0.255 e. The third-order valence-corrected chi connectivity index (χ3v) is 4.32. The maximum atomic E-state index is 12.8. The largest absolute Gasteiger partial charge is 0.497 e. The molecule has 0 spiro atoms. The Bertz CT molecular complexity index is 801. The van der Waals surface area contributed by atoms with Gasteiger partial charge in [-0.15, -0.1) is 0 Å². The zero-order valence-electron chi connectivity index (χ0n) is 13.9. The average molecular weight is 321 g/mol. The van der Waals surface area contributed by atoms with Crippen LogP contribution in [0.1, 0.15) is 34.5 Å². The lowest BCUT2D eigenvalue weighted by Crippen LogP contribution is -2.28. The normalized spacial score (nSPS) is 13.6. The molecule has 0 radical (unpaired) electrons. The lowest BCUT2D eigenvalue weighted by molar-refractivity contribution is 0.0792. The Hall–Kier alpha value is -2.87. The number of methoxy groups -OCH3 is 1.